The number of benzene rings is 2. The van der Waals surface area contributed by atoms with Crippen molar-refractivity contribution >= 4 is 29.3 Å². The van der Waals surface area contributed by atoms with Gasteiger partial charge >= 0.3 is 0 Å². The van der Waals surface area contributed by atoms with Gasteiger partial charge in [-0.2, -0.15) is 5.26 Å². The van der Waals surface area contributed by atoms with Gasteiger partial charge in [0, 0.05) is 10.7 Å². The van der Waals surface area contributed by atoms with Gasteiger partial charge in [0.25, 0.3) is 5.91 Å². The maximum Gasteiger partial charge on any atom is 0.266 e. The van der Waals surface area contributed by atoms with Crippen molar-refractivity contribution in [2.75, 3.05) is 5.32 Å². The number of carbonyl (C=O) groups excluding carboxylic acids is 1. The molecular weight excluding hydrogens is 308 g/mol. The molecule has 0 bridgehead atoms. The normalized spacial score (nSPS) is 11.2. The predicted octanol–water partition coefficient (Wildman–Crippen LogP) is 5.01. The van der Waals surface area contributed by atoms with E-state index in [0.29, 0.717) is 16.6 Å². The molecule has 0 unspecified atom stereocenters. The summed E-state index contributed by atoms with van der Waals surface area (Å²) < 4.78 is 0. The van der Waals surface area contributed by atoms with Crippen molar-refractivity contribution in [3.8, 4) is 6.07 Å². The van der Waals surface area contributed by atoms with E-state index in [0.717, 1.165) is 5.56 Å². The van der Waals surface area contributed by atoms with Crippen LogP contribution < -0.4 is 5.32 Å². The minimum Gasteiger partial charge on any atom is -0.321 e. The molecule has 3 nitrogen and oxygen atoms in total. The first-order valence-corrected chi connectivity index (χ1v) is 7.66. The van der Waals surface area contributed by atoms with E-state index in [4.69, 9.17) is 11.6 Å². The standard InChI is InChI=1S/C19H17ClN2O/c1-13(2)15-8-6-14(7-9-15)10-16(12-21)19(23)22-18-5-3-4-17(20)11-18/h3-11,13H,1-2H3,(H,22,23). The molecule has 2 aromatic carbocycles. The van der Waals surface area contributed by atoms with Crippen LogP contribution in [0, 0.1) is 11.3 Å². The molecule has 4 heteroatoms. The molecule has 2 aromatic rings. The highest BCUT2D eigenvalue weighted by Crippen LogP contribution is 2.18. The van der Waals surface area contributed by atoms with E-state index >= 15 is 0 Å². The number of nitriles is 1. The number of hydrogen-bond donors (Lipinski definition) is 1. The minimum atomic E-state index is -0.456. The summed E-state index contributed by atoms with van der Waals surface area (Å²) in [6, 6.07) is 16.5. The average Bonchev–Trinajstić information content (AvgIpc) is 2.53. The molecule has 1 amide bonds. The molecule has 0 aliphatic carbocycles. The molecule has 0 aliphatic heterocycles. The summed E-state index contributed by atoms with van der Waals surface area (Å²) in [5.41, 5.74) is 2.62. The molecule has 0 fully saturated rings. The van der Waals surface area contributed by atoms with Crippen molar-refractivity contribution in [2.45, 2.75) is 19.8 Å². The van der Waals surface area contributed by atoms with Crippen LogP contribution in [0.4, 0.5) is 5.69 Å². The van der Waals surface area contributed by atoms with E-state index in [9.17, 15) is 10.1 Å². The van der Waals surface area contributed by atoms with E-state index in [-0.39, 0.29) is 5.57 Å². The van der Waals surface area contributed by atoms with Crippen molar-refractivity contribution in [2.24, 2.45) is 0 Å². The fourth-order valence-electron chi connectivity index (χ4n) is 2.06. The Kier molecular flexibility index (Phi) is 5.56. The Balaban J connectivity index is 2.18. The number of amides is 1. The zero-order chi connectivity index (χ0) is 16.8. The average molecular weight is 325 g/mol. The Morgan fingerprint density at radius 1 is 1.22 bits per heavy atom. The van der Waals surface area contributed by atoms with Crippen molar-refractivity contribution < 1.29 is 4.79 Å². The quantitative estimate of drug-likeness (QED) is 0.635. The number of nitrogens with zero attached hydrogens (tertiary/aromatic N) is 1. The first-order valence-electron chi connectivity index (χ1n) is 7.28. The zero-order valence-electron chi connectivity index (χ0n) is 13.0. The predicted molar refractivity (Wildman–Crippen MR) is 94.2 cm³/mol. The number of rotatable bonds is 4. The van der Waals surface area contributed by atoms with E-state index in [1.807, 2.05) is 30.3 Å². The van der Waals surface area contributed by atoms with Gasteiger partial charge in [-0.05, 0) is 41.3 Å². The molecule has 0 heterocycles. The lowest BCUT2D eigenvalue weighted by atomic mass is 10.0. The summed E-state index contributed by atoms with van der Waals surface area (Å²) in [5, 5.41) is 12.4. The second-order valence-corrected chi connectivity index (χ2v) is 5.89. The van der Waals surface area contributed by atoms with Crippen molar-refractivity contribution in [1.29, 1.82) is 5.26 Å². The second kappa shape index (κ2) is 7.62. The molecule has 0 atom stereocenters. The van der Waals surface area contributed by atoms with E-state index in [1.165, 1.54) is 5.56 Å². The monoisotopic (exact) mass is 324 g/mol. The van der Waals surface area contributed by atoms with Gasteiger partial charge in [-0.25, -0.2) is 0 Å². The maximum atomic E-state index is 12.2. The first-order chi connectivity index (χ1) is 11.0. The molecule has 1 N–H and O–H groups in total. The van der Waals surface area contributed by atoms with Crippen LogP contribution in [0.1, 0.15) is 30.9 Å². The Labute approximate surface area is 141 Å². The molecule has 2 rings (SSSR count). The van der Waals surface area contributed by atoms with Gasteiger partial charge in [0.2, 0.25) is 0 Å². The van der Waals surface area contributed by atoms with Crippen LogP contribution in [0.2, 0.25) is 5.02 Å². The number of carbonyl (C=O) groups is 1. The lowest BCUT2D eigenvalue weighted by Gasteiger charge is -2.06. The number of nitrogens with one attached hydrogen (secondary N) is 1. The fraction of sp³-hybridized carbons (Fsp3) is 0.158. The summed E-state index contributed by atoms with van der Waals surface area (Å²) in [6.45, 7) is 4.23. The highest BCUT2D eigenvalue weighted by Gasteiger charge is 2.10. The van der Waals surface area contributed by atoms with E-state index in [1.54, 1.807) is 30.3 Å². The van der Waals surface area contributed by atoms with E-state index in [2.05, 4.69) is 19.2 Å². The maximum absolute atomic E-state index is 12.2. The number of hydrogen-bond acceptors (Lipinski definition) is 2. The van der Waals surface area contributed by atoms with E-state index < -0.39 is 5.91 Å². The Morgan fingerprint density at radius 3 is 2.48 bits per heavy atom. The summed E-state index contributed by atoms with van der Waals surface area (Å²) in [4.78, 5) is 12.2. The summed E-state index contributed by atoms with van der Waals surface area (Å²) >= 11 is 5.88. The van der Waals surface area contributed by atoms with Gasteiger partial charge in [-0.3, -0.25) is 4.79 Å². The van der Waals surface area contributed by atoms with Crippen LogP contribution in [-0.2, 0) is 4.79 Å². The smallest absolute Gasteiger partial charge is 0.266 e. The molecule has 0 aromatic heterocycles. The lowest BCUT2D eigenvalue weighted by molar-refractivity contribution is -0.112. The largest absolute Gasteiger partial charge is 0.321 e. The topological polar surface area (TPSA) is 52.9 Å². The highest BCUT2D eigenvalue weighted by atomic mass is 35.5. The molecule has 0 saturated heterocycles. The van der Waals surface area contributed by atoms with Gasteiger partial charge in [0.15, 0.2) is 0 Å². The van der Waals surface area contributed by atoms with Gasteiger partial charge in [-0.15, -0.1) is 0 Å². The minimum absolute atomic E-state index is 0.0438. The zero-order valence-corrected chi connectivity index (χ0v) is 13.8. The van der Waals surface area contributed by atoms with Crippen molar-refractivity contribution in [3.63, 3.8) is 0 Å². The third-order valence-corrected chi connectivity index (χ3v) is 3.60. The molecule has 116 valence electrons. The second-order valence-electron chi connectivity index (χ2n) is 5.46. The Morgan fingerprint density at radius 2 is 1.91 bits per heavy atom. The van der Waals surface area contributed by atoms with Gasteiger partial charge in [0.05, 0.1) is 0 Å². The molecule has 23 heavy (non-hydrogen) atoms. The summed E-state index contributed by atoms with van der Waals surface area (Å²) in [5.74, 6) is -0.0164. The SMILES string of the molecule is CC(C)c1ccc(C=C(C#N)C(=O)Nc2cccc(Cl)c2)cc1. The van der Waals surface area contributed by atoms with Gasteiger partial charge in [-0.1, -0.05) is 55.8 Å². The molecule has 0 aliphatic rings. The first kappa shape index (κ1) is 16.8. The highest BCUT2D eigenvalue weighted by molar-refractivity contribution is 6.31. The van der Waals surface area contributed by atoms with Crippen LogP contribution in [0.25, 0.3) is 6.08 Å². The van der Waals surface area contributed by atoms with Gasteiger partial charge < -0.3 is 5.32 Å². The van der Waals surface area contributed by atoms with Crippen LogP contribution in [0.5, 0.6) is 0 Å². The number of halogens is 1. The Hall–Kier alpha value is -2.57. The molecule has 0 radical (unpaired) electrons. The van der Waals surface area contributed by atoms with Crippen LogP contribution >= 0.6 is 11.6 Å². The lowest BCUT2D eigenvalue weighted by Crippen LogP contribution is -2.13. The third kappa shape index (κ3) is 4.70. The van der Waals surface area contributed by atoms with Crippen LogP contribution in [0.15, 0.2) is 54.1 Å². The fourth-order valence-corrected chi connectivity index (χ4v) is 2.25. The summed E-state index contributed by atoms with van der Waals surface area (Å²) in [6.07, 6.45) is 1.57. The molecule has 0 saturated carbocycles. The molecule has 0 spiro atoms. The Bertz CT molecular complexity index is 771. The molecular formula is C19H17ClN2O. The third-order valence-electron chi connectivity index (χ3n) is 3.36. The van der Waals surface area contributed by atoms with Crippen LogP contribution in [0.3, 0.4) is 0 Å². The van der Waals surface area contributed by atoms with Gasteiger partial charge in [0.1, 0.15) is 11.6 Å². The van der Waals surface area contributed by atoms with Crippen molar-refractivity contribution in [1.82, 2.24) is 0 Å². The van der Waals surface area contributed by atoms with Crippen molar-refractivity contribution in [3.05, 3.63) is 70.3 Å². The number of anilines is 1. The van der Waals surface area contributed by atoms with Crippen LogP contribution in [-0.4, -0.2) is 5.91 Å². The summed E-state index contributed by atoms with van der Waals surface area (Å²) in [7, 11) is 0.